The quantitative estimate of drug-likeness (QED) is 0.836. The number of hydrogen-bond acceptors (Lipinski definition) is 5. The summed E-state index contributed by atoms with van der Waals surface area (Å²) in [6, 6.07) is 7.76. The summed E-state index contributed by atoms with van der Waals surface area (Å²) in [5, 5.41) is 2.66. The second kappa shape index (κ2) is 8.20. The van der Waals surface area contributed by atoms with Crippen molar-refractivity contribution in [2.75, 3.05) is 13.2 Å². The number of ether oxygens (including phenoxy) is 3. The third-order valence-electron chi connectivity index (χ3n) is 3.84. The lowest BCUT2D eigenvalue weighted by Gasteiger charge is -2.19. The Hall–Kier alpha value is -3.23. The maximum Gasteiger partial charge on any atom is 0.416 e. The third kappa shape index (κ3) is 4.73. The zero-order valence-corrected chi connectivity index (χ0v) is 14.9. The number of alkyl halides is 3. The minimum absolute atomic E-state index is 0.0105. The van der Waals surface area contributed by atoms with Gasteiger partial charge in [0.1, 0.15) is 24.7 Å². The number of halogens is 3. The van der Waals surface area contributed by atoms with E-state index in [1.807, 2.05) is 0 Å². The number of hydrogen-bond donors (Lipinski definition) is 1. The van der Waals surface area contributed by atoms with Gasteiger partial charge in [0.15, 0.2) is 0 Å². The van der Waals surface area contributed by atoms with Crippen LogP contribution in [0.1, 0.15) is 18.1 Å². The van der Waals surface area contributed by atoms with Crippen LogP contribution in [0.15, 0.2) is 54.1 Å². The van der Waals surface area contributed by atoms with Gasteiger partial charge in [-0.2, -0.15) is 13.2 Å². The summed E-state index contributed by atoms with van der Waals surface area (Å²) < 4.78 is 54.7. The fraction of sp³-hybridized carbons (Fsp3) is 0.263. The van der Waals surface area contributed by atoms with Gasteiger partial charge in [0.05, 0.1) is 5.56 Å². The average molecular weight is 394 g/mol. The van der Waals surface area contributed by atoms with Crippen LogP contribution in [0, 0.1) is 0 Å². The van der Waals surface area contributed by atoms with Gasteiger partial charge in [0, 0.05) is 18.3 Å². The second-order valence-electron chi connectivity index (χ2n) is 5.86. The summed E-state index contributed by atoms with van der Waals surface area (Å²) in [5.74, 6) is 0.0919. The van der Waals surface area contributed by atoms with Crippen LogP contribution in [0.4, 0.5) is 13.2 Å². The van der Waals surface area contributed by atoms with E-state index in [2.05, 4.69) is 10.3 Å². The fourth-order valence-electron chi connectivity index (χ4n) is 2.48. The van der Waals surface area contributed by atoms with Crippen molar-refractivity contribution >= 4 is 5.91 Å². The Morgan fingerprint density at radius 2 is 2.00 bits per heavy atom. The van der Waals surface area contributed by atoms with Crippen molar-refractivity contribution in [1.82, 2.24) is 10.3 Å². The van der Waals surface area contributed by atoms with Crippen LogP contribution in [0.5, 0.6) is 11.6 Å². The number of nitrogens with one attached hydrogen (secondary N) is 1. The number of benzene rings is 1. The van der Waals surface area contributed by atoms with E-state index in [4.69, 9.17) is 14.2 Å². The number of aromatic nitrogens is 1. The van der Waals surface area contributed by atoms with Crippen molar-refractivity contribution in [3.05, 3.63) is 65.2 Å². The predicted octanol–water partition coefficient (Wildman–Crippen LogP) is 3.79. The molecule has 1 aromatic carbocycles. The smallest absolute Gasteiger partial charge is 0.416 e. The number of carbonyl (C=O) groups is 1. The minimum atomic E-state index is -4.48. The predicted molar refractivity (Wildman–Crippen MR) is 92.2 cm³/mol. The molecule has 2 heterocycles. The molecular weight excluding hydrogens is 377 g/mol. The monoisotopic (exact) mass is 394 g/mol. The van der Waals surface area contributed by atoms with Gasteiger partial charge in [0.2, 0.25) is 11.6 Å². The van der Waals surface area contributed by atoms with Crippen molar-refractivity contribution in [2.45, 2.75) is 19.6 Å². The molecule has 1 aromatic heterocycles. The fourth-order valence-corrected chi connectivity index (χ4v) is 2.48. The Morgan fingerprint density at radius 1 is 1.21 bits per heavy atom. The van der Waals surface area contributed by atoms with Gasteiger partial charge in [-0.05, 0) is 31.2 Å². The van der Waals surface area contributed by atoms with E-state index in [-0.39, 0.29) is 30.5 Å². The summed E-state index contributed by atoms with van der Waals surface area (Å²) in [5.41, 5.74) is -0.337. The molecule has 1 amide bonds. The Bertz CT molecular complexity index is 897. The van der Waals surface area contributed by atoms with E-state index in [1.54, 1.807) is 19.1 Å². The van der Waals surface area contributed by atoms with Crippen molar-refractivity contribution in [2.24, 2.45) is 0 Å². The van der Waals surface area contributed by atoms with Gasteiger partial charge in [-0.3, -0.25) is 4.79 Å². The van der Waals surface area contributed by atoms with Gasteiger partial charge in [-0.1, -0.05) is 12.1 Å². The van der Waals surface area contributed by atoms with Gasteiger partial charge < -0.3 is 19.5 Å². The molecule has 9 heteroatoms. The Balaban J connectivity index is 1.72. The zero-order chi connectivity index (χ0) is 20.1. The molecule has 6 nitrogen and oxygen atoms in total. The van der Waals surface area contributed by atoms with E-state index in [0.717, 1.165) is 12.1 Å². The molecule has 0 bridgehead atoms. The van der Waals surface area contributed by atoms with Gasteiger partial charge in [-0.15, -0.1) is 0 Å². The Kier molecular flexibility index (Phi) is 5.72. The van der Waals surface area contributed by atoms with Crippen LogP contribution in [-0.4, -0.2) is 24.1 Å². The first kappa shape index (κ1) is 19.5. The highest BCUT2D eigenvalue weighted by atomic mass is 19.4. The molecule has 1 aliphatic heterocycles. The number of carbonyl (C=O) groups excluding carboxylic acids is 1. The topological polar surface area (TPSA) is 69.7 Å². The standard InChI is InChI=1S/C19H17F3N2O4/c1-12-16(27-9-8-26-12)17(25)24-11-13-4-3-7-23-18(13)28-15-6-2-5-14(10-15)19(20,21)22/h2-7,10H,8-9,11H2,1H3,(H,24,25). The van der Waals surface area contributed by atoms with Crippen LogP contribution in [0.3, 0.4) is 0 Å². The minimum Gasteiger partial charge on any atom is -0.491 e. The molecule has 0 aliphatic carbocycles. The van der Waals surface area contributed by atoms with Crippen molar-refractivity contribution in [1.29, 1.82) is 0 Å². The summed E-state index contributed by atoms with van der Waals surface area (Å²) in [7, 11) is 0. The molecule has 28 heavy (non-hydrogen) atoms. The Morgan fingerprint density at radius 3 is 2.75 bits per heavy atom. The first-order valence-electron chi connectivity index (χ1n) is 8.38. The van der Waals surface area contributed by atoms with Crippen LogP contribution >= 0.6 is 0 Å². The van der Waals surface area contributed by atoms with Crippen LogP contribution in [0.2, 0.25) is 0 Å². The first-order valence-corrected chi connectivity index (χ1v) is 8.38. The molecule has 3 rings (SSSR count). The highest BCUT2D eigenvalue weighted by Gasteiger charge is 2.30. The van der Waals surface area contributed by atoms with E-state index in [0.29, 0.717) is 17.9 Å². The summed E-state index contributed by atoms with van der Waals surface area (Å²) in [6.07, 6.45) is -3.03. The van der Waals surface area contributed by atoms with Gasteiger partial charge in [0.25, 0.3) is 5.91 Å². The second-order valence-corrected chi connectivity index (χ2v) is 5.86. The molecule has 0 saturated carbocycles. The molecular formula is C19H17F3N2O4. The summed E-state index contributed by atoms with van der Waals surface area (Å²) >= 11 is 0. The van der Waals surface area contributed by atoms with Gasteiger partial charge >= 0.3 is 6.18 Å². The number of rotatable bonds is 5. The normalized spacial score (nSPS) is 14.1. The maximum absolute atomic E-state index is 12.9. The number of allylic oxidation sites excluding steroid dienone is 1. The number of nitrogens with zero attached hydrogens (tertiary/aromatic N) is 1. The molecule has 1 N–H and O–H groups in total. The van der Waals surface area contributed by atoms with Crippen LogP contribution in [-0.2, 0) is 27.0 Å². The summed E-state index contributed by atoms with van der Waals surface area (Å²) in [4.78, 5) is 16.3. The molecule has 0 saturated heterocycles. The van der Waals surface area contributed by atoms with Crippen molar-refractivity contribution in [3.8, 4) is 11.6 Å². The molecule has 0 atom stereocenters. The lowest BCUT2D eigenvalue weighted by molar-refractivity contribution is -0.137. The lowest BCUT2D eigenvalue weighted by atomic mass is 10.2. The molecule has 0 radical (unpaired) electrons. The lowest BCUT2D eigenvalue weighted by Crippen LogP contribution is -2.29. The molecule has 2 aromatic rings. The SMILES string of the molecule is CC1=C(C(=O)NCc2cccnc2Oc2cccc(C(F)(F)F)c2)OCCO1. The van der Waals surface area contributed by atoms with E-state index in [1.165, 1.54) is 18.3 Å². The third-order valence-corrected chi connectivity index (χ3v) is 3.84. The Labute approximate surface area is 158 Å². The van der Waals surface area contributed by atoms with Crippen molar-refractivity contribution < 1.29 is 32.2 Å². The molecule has 0 unspecified atom stereocenters. The number of pyridine rings is 1. The molecule has 0 spiro atoms. The molecule has 148 valence electrons. The highest BCUT2D eigenvalue weighted by Crippen LogP contribution is 2.32. The first-order chi connectivity index (χ1) is 13.3. The largest absolute Gasteiger partial charge is 0.491 e. The molecule has 0 fully saturated rings. The van der Waals surface area contributed by atoms with Crippen molar-refractivity contribution in [3.63, 3.8) is 0 Å². The van der Waals surface area contributed by atoms with E-state index >= 15 is 0 Å². The average Bonchev–Trinajstić information content (AvgIpc) is 2.67. The zero-order valence-electron chi connectivity index (χ0n) is 14.9. The van der Waals surface area contributed by atoms with E-state index < -0.39 is 17.6 Å². The van der Waals surface area contributed by atoms with E-state index in [9.17, 15) is 18.0 Å². The van der Waals surface area contributed by atoms with Crippen LogP contribution < -0.4 is 10.1 Å². The summed E-state index contributed by atoms with van der Waals surface area (Å²) in [6.45, 7) is 2.32. The molecule has 1 aliphatic rings. The number of amides is 1. The van der Waals surface area contributed by atoms with Gasteiger partial charge in [-0.25, -0.2) is 4.98 Å². The maximum atomic E-state index is 12.9. The highest BCUT2D eigenvalue weighted by molar-refractivity contribution is 5.91. The van der Waals surface area contributed by atoms with Crippen LogP contribution in [0.25, 0.3) is 0 Å².